The Hall–Kier alpha value is -2.02. The first-order valence-corrected chi connectivity index (χ1v) is 10.6. The van der Waals surface area contributed by atoms with E-state index in [0.717, 1.165) is 0 Å². The summed E-state index contributed by atoms with van der Waals surface area (Å²) in [5, 5.41) is 22.0. The number of fused-ring (bicyclic) bond motifs is 1. The van der Waals surface area contributed by atoms with Crippen LogP contribution in [0.2, 0.25) is 10.6 Å². The van der Waals surface area contributed by atoms with Crippen LogP contribution in [0.1, 0.15) is 12.6 Å². The topological polar surface area (TPSA) is 214 Å². The molecule has 0 aromatic carbocycles. The van der Waals surface area contributed by atoms with Crippen LogP contribution in [0.4, 0.5) is 11.8 Å². The third-order valence-electron chi connectivity index (χ3n) is 4.30. The Morgan fingerprint density at radius 1 is 1.33 bits per heavy atom. The van der Waals surface area contributed by atoms with Gasteiger partial charge >= 0.3 is 160 Å². The Bertz CT molecular complexity index is 833. The van der Waals surface area contributed by atoms with Crippen molar-refractivity contribution in [3.8, 4) is 0 Å². The number of primary amides is 1. The molecule has 0 aliphatic carbocycles. The number of aliphatic hydroxyl groups is 2. The summed E-state index contributed by atoms with van der Waals surface area (Å²) in [7, 11) is 0. The average Bonchev–Trinajstić information content (AvgIpc) is 3.14. The van der Waals surface area contributed by atoms with Crippen LogP contribution in [0.15, 0.2) is 6.33 Å². The average molecular weight is 445 g/mol. The summed E-state index contributed by atoms with van der Waals surface area (Å²) in [6.45, 7) is 0. The summed E-state index contributed by atoms with van der Waals surface area (Å²) in [6, 6.07) is -0.674. The Morgan fingerprint density at radius 3 is 2.78 bits per heavy atom. The summed E-state index contributed by atoms with van der Waals surface area (Å²) >= 11 is 0.0569. The molecule has 5 atom stereocenters. The molecule has 27 heavy (non-hydrogen) atoms. The Morgan fingerprint density at radius 2 is 2.07 bits per heavy atom. The predicted molar refractivity (Wildman–Crippen MR) is 97.2 cm³/mol. The summed E-state index contributed by atoms with van der Waals surface area (Å²) in [6.07, 6.45) is -1.80. The zero-order chi connectivity index (χ0) is 19.7. The molecule has 148 valence electrons. The molecule has 3 rings (SSSR count). The Balaban J connectivity index is 1.68. The van der Waals surface area contributed by atoms with Gasteiger partial charge in [0.1, 0.15) is 0 Å². The van der Waals surface area contributed by atoms with E-state index in [9.17, 15) is 15.0 Å². The summed E-state index contributed by atoms with van der Waals surface area (Å²) in [5.74, 6) is -0.443. The van der Waals surface area contributed by atoms with E-state index in [4.69, 9.17) is 27.7 Å². The SMILES string of the molecule is NC(=O)[C@H](N)CC[Se]C[C@H]1O[C@@H](n2cnc3c(N)nc(N)nc32)[C@H](O)[C@@H]1O. The van der Waals surface area contributed by atoms with Crippen LogP contribution in [0, 0.1) is 0 Å². The van der Waals surface area contributed by atoms with E-state index in [0.29, 0.717) is 28.2 Å². The first-order valence-electron chi connectivity index (χ1n) is 8.19. The van der Waals surface area contributed by atoms with Crippen molar-refractivity contribution in [2.45, 2.75) is 47.6 Å². The van der Waals surface area contributed by atoms with Crippen LogP contribution < -0.4 is 22.9 Å². The van der Waals surface area contributed by atoms with Gasteiger partial charge in [-0.1, -0.05) is 0 Å². The molecule has 1 fully saturated rings. The van der Waals surface area contributed by atoms with Crippen molar-refractivity contribution in [2.75, 3.05) is 11.5 Å². The zero-order valence-electron chi connectivity index (χ0n) is 14.3. The Labute approximate surface area is 160 Å². The molecule has 0 bridgehead atoms. The molecule has 2 aromatic rings. The molecule has 0 saturated carbocycles. The van der Waals surface area contributed by atoms with E-state index in [-0.39, 0.29) is 26.7 Å². The van der Waals surface area contributed by atoms with Gasteiger partial charge in [-0.15, -0.1) is 0 Å². The number of hydrogen-bond donors (Lipinski definition) is 6. The van der Waals surface area contributed by atoms with E-state index in [1.807, 2.05) is 0 Å². The number of ether oxygens (including phenoxy) is 1. The molecule has 1 aliphatic rings. The summed E-state index contributed by atoms with van der Waals surface area (Å²) < 4.78 is 7.33. The maximum absolute atomic E-state index is 10.9. The number of aliphatic hydroxyl groups excluding tert-OH is 2. The van der Waals surface area contributed by atoms with Crippen molar-refractivity contribution in [1.29, 1.82) is 0 Å². The number of amides is 1. The van der Waals surface area contributed by atoms with Crippen molar-refractivity contribution in [3.63, 3.8) is 0 Å². The molecular weight excluding hydrogens is 423 g/mol. The normalized spacial score (nSPS) is 26.5. The fourth-order valence-electron chi connectivity index (χ4n) is 2.79. The van der Waals surface area contributed by atoms with Gasteiger partial charge < -0.3 is 0 Å². The molecule has 10 N–H and O–H groups in total. The number of nitrogen functional groups attached to an aromatic ring is 2. The van der Waals surface area contributed by atoms with Gasteiger partial charge in [-0.2, -0.15) is 0 Å². The quantitative estimate of drug-likeness (QED) is 0.192. The minimum atomic E-state index is -1.17. The van der Waals surface area contributed by atoms with Crippen LogP contribution in [0.25, 0.3) is 11.2 Å². The number of rotatable bonds is 7. The van der Waals surface area contributed by atoms with Crippen LogP contribution in [0.3, 0.4) is 0 Å². The van der Waals surface area contributed by atoms with Gasteiger partial charge in [0.05, 0.1) is 0 Å². The van der Waals surface area contributed by atoms with Gasteiger partial charge in [0, 0.05) is 0 Å². The number of hydrogen-bond acceptors (Lipinski definition) is 10. The van der Waals surface area contributed by atoms with Crippen molar-refractivity contribution in [2.24, 2.45) is 11.5 Å². The number of anilines is 2. The molecule has 0 radical (unpaired) electrons. The Kier molecular flexibility index (Phi) is 5.79. The van der Waals surface area contributed by atoms with Crippen LogP contribution in [-0.2, 0) is 9.53 Å². The minimum absolute atomic E-state index is 0.0274. The van der Waals surface area contributed by atoms with Gasteiger partial charge in [0.2, 0.25) is 0 Å². The van der Waals surface area contributed by atoms with E-state index in [1.54, 1.807) is 0 Å². The molecule has 1 saturated heterocycles. The second kappa shape index (κ2) is 7.92. The number of carbonyl (C=O) groups is 1. The molecule has 2 aromatic heterocycles. The third kappa shape index (κ3) is 3.98. The number of imidazole rings is 1. The fourth-order valence-corrected chi connectivity index (χ4v) is 5.09. The number of aromatic nitrogens is 4. The van der Waals surface area contributed by atoms with Crippen molar-refractivity contribution >= 4 is 43.8 Å². The van der Waals surface area contributed by atoms with E-state index >= 15 is 0 Å². The number of carbonyl (C=O) groups excluding carboxylic acids is 1. The number of nitrogens with zero attached hydrogens (tertiary/aromatic N) is 4. The molecule has 3 heterocycles. The van der Waals surface area contributed by atoms with E-state index < -0.39 is 36.5 Å². The third-order valence-corrected chi connectivity index (χ3v) is 6.58. The molecule has 1 aliphatic heterocycles. The van der Waals surface area contributed by atoms with Crippen LogP contribution >= 0.6 is 0 Å². The second-order valence-electron chi connectivity index (χ2n) is 6.21. The molecule has 13 heteroatoms. The van der Waals surface area contributed by atoms with Gasteiger partial charge in [-0.25, -0.2) is 0 Å². The van der Waals surface area contributed by atoms with Gasteiger partial charge in [0.15, 0.2) is 0 Å². The first-order chi connectivity index (χ1) is 12.8. The van der Waals surface area contributed by atoms with Crippen molar-refractivity contribution in [1.82, 2.24) is 19.5 Å². The second-order valence-corrected chi connectivity index (χ2v) is 8.62. The number of nitrogens with two attached hydrogens (primary N) is 4. The molecule has 12 nitrogen and oxygen atoms in total. The predicted octanol–water partition coefficient (Wildman–Crippen LogP) is -2.65. The van der Waals surface area contributed by atoms with Crippen molar-refractivity contribution < 1.29 is 19.7 Å². The van der Waals surface area contributed by atoms with E-state index in [1.165, 1.54) is 10.9 Å². The molecule has 0 unspecified atom stereocenters. The van der Waals surface area contributed by atoms with E-state index in [2.05, 4.69) is 15.0 Å². The van der Waals surface area contributed by atoms with Gasteiger partial charge in [-0.3, -0.25) is 0 Å². The molecular formula is C14H22N8O4Se. The fraction of sp³-hybridized carbons (Fsp3) is 0.571. The van der Waals surface area contributed by atoms with Crippen molar-refractivity contribution in [3.05, 3.63) is 6.33 Å². The van der Waals surface area contributed by atoms with Gasteiger partial charge in [-0.05, 0) is 0 Å². The maximum atomic E-state index is 10.9. The summed E-state index contributed by atoms with van der Waals surface area (Å²) in [5.41, 5.74) is 22.8. The molecule has 1 amide bonds. The monoisotopic (exact) mass is 446 g/mol. The summed E-state index contributed by atoms with van der Waals surface area (Å²) in [4.78, 5) is 23.0. The van der Waals surface area contributed by atoms with Gasteiger partial charge in [0.25, 0.3) is 0 Å². The first kappa shape index (κ1) is 19.7. The zero-order valence-corrected chi connectivity index (χ0v) is 16.0. The standard InChI is InChI=1S/C14H22N8O4Se/c15-5(11(17)25)1-2-27-3-6-8(23)9(24)13(26-6)22-4-19-7-10(16)20-14(18)21-12(7)22/h4-6,8-9,13,23-24H,1-3,15H2,(H2,17,25)(H4,16,18,20,21)/t5-,6-,8-,9-,13-/m1/s1. The van der Waals surface area contributed by atoms with Crippen LogP contribution in [0.5, 0.6) is 0 Å². The van der Waals surface area contributed by atoms with Crippen LogP contribution in [-0.4, -0.2) is 74.9 Å². The molecule has 0 spiro atoms.